The van der Waals surface area contributed by atoms with Crippen molar-refractivity contribution in [2.75, 3.05) is 0 Å². The second-order valence-electron chi connectivity index (χ2n) is 2.74. The number of nitrogens with one attached hydrogen (secondary N) is 1. The summed E-state index contributed by atoms with van der Waals surface area (Å²) in [6, 6.07) is 0.0902. The summed E-state index contributed by atoms with van der Waals surface area (Å²) in [7, 11) is 0. The van der Waals surface area contributed by atoms with E-state index in [1.54, 1.807) is 6.26 Å². The molecule has 0 aromatic carbocycles. The van der Waals surface area contributed by atoms with E-state index in [2.05, 4.69) is 5.32 Å². The third-order valence-corrected chi connectivity index (χ3v) is 1.97. The van der Waals surface area contributed by atoms with E-state index in [-0.39, 0.29) is 12.0 Å². The van der Waals surface area contributed by atoms with Crippen molar-refractivity contribution >= 4 is 6.41 Å². The summed E-state index contributed by atoms with van der Waals surface area (Å²) in [5, 5.41) is 2.70. The monoisotopic (exact) mass is 167 g/mol. The number of hydrogen-bond acceptors (Lipinski definition) is 2. The van der Waals surface area contributed by atoms with Crippen LogP contribution in [0.15, 0.2) is 24.2 Å². The maximum atomic E-state index is 10.2. The summed E-state index contributed by atoms with van der Waals surface area (Å²) >= 11 is 0. The molecule has 2 atom stereocenters. The van der Waals surface area contributed by atoms with Crippen LogP contribution in [0.1, 0.15) is 13.8 Å². The molecule has 1 amide bonds. The predicted molar refractivity (Wildman–Crippen MR) is 46.1 cm³/mol. The van der Waals surface area contributed by atoms with Gasteiger partial charge < -0.3 is 10.1 Å². The Morgan fingerprint density at radius 2 is 2.50 bits per heavy atom. The number of amides is 1. The maximum Gasteiger partial charge on any atom is 0.207 e. The van der Waals surface area contributed by atoms with Crippen LogP contribution in [0.25, 0.3) is 0 Å². The Hall–Kier alpha value is -1.25. The van der Waals surface area contributed by atoms with Gasteiger partial charge in [-0.2, -0.15) is 0 Å². The summed E-state index contributed by atoms with van der Waals surface area (Å²) in [5.41, 5.74) is 0. The molecule has 0 fully saturated rings. The van der Waals surface area contributed by atoms with Gasteiger partial charge in [-0.3, -0.25) is 4.79 Å². The smallest absolute Gasteiger partial charge is 0.207 e. The molecule has 0 aromatic rings. The van der Waals surface area contributed by atoms with Crippen molar-refractivity contribution in [2.24, 2.45) is 5.92 Å². The Morgan fingerprint density at radius 1 is 1.75 bits per heavy atom. The van der Waals surface area contributed by atoms with Crippen molar-refractivity contribution < 1.29 is 9.53 Å². The summed E-state index contributed by atoms with van der Waals surface area (Å²) in [6.07, 6.45) is 6.22. The van der Waals surface area contributed by atoms with Crippen LogP contribution in [-0.2, 0) is 9.53 Å². The summed E-state index contributed by atoms with van der Waals surface area (Å²) in [4.78, 5) is 10.2. The lowest BCUT2D eigenvalue weighted by molar-refractivity contribution is -0.110. The van der Waals surface area contributed by atoms with E-state index in [4.69, 9.17) is 4.74 Å². The quantitative estimate of drug-likeness (QED) is 0.641. The number of carbonyl (C=O) groups is 1. The van der Waals surface area contributed by atoms with Crippen LogP contribution in [0.5, 0.6) is 0 Å². The molecule has 2 unspecified atom stereocenters. The Morgan fingerprint density at radius 3 is 3.08 bits per heavy atom. The highest BCUT2D eigenvalue weighted by Crippen LogP contribution is 2.24. The first-order chi connectivity index (χ1) is 5.79. The Labute approximate surface area is 72.1 Å². The molecule has 0 radical (unpaired) electrons. The molecule has 0 aliphatic carbocycles. The van der Waals surface area contributed by atoms with Gasteiger partial charge in [0.25, 0.3) is 0 Å². The Bertz CT molecular complexity index is 221. The summed E-state index contributed by atoms with van der Waals surface area (Å²) in [6.45, 7) is 3.87. The normalized spacial score (nSPS) is 26.8. The minimum absolute atomic E-state index is 0.0902. The van der Waals surface area contributed by atoms with Crippen molar-refractivity contribution in [2.45, 2.75) is 19.9 Å². The van der Waals surface area contributed by atoms with Crippen molar-refractivity contribution in [3.63, 3.8) is 0 Å². The van der Waals surface area contributed by atoms with E-state index < -0.39 is 0 Å². The molecule has 66 valence electrons. The third kappa shape index (κ3) is 1.67. The zero-order valence-corrected chi connectivity index (χ0v) is 7.28. The molecule has 3 heteroatoms. The highest BCUT2D eigenvalue weighted by Gasteiger charge is 2.22. The standard InChI is InChI=1S/C9H13NO2/c1-3-9-8(4-5-12-9)7(2)10-6-11/h3-8H,1-2H3,(H,10,11)/b9-3+. The van der Waals surface area contributed by atoms with Crippen molar-refractivity contribution in [3.05, 3.63) is 24.2 Å². The molecule has 0 aromatic heterocycles. The van der Waals surface area contributed by atoms with E-state index in [1.165, 1.54) is 0 Å². The van der Waals surface area contributed by atoms with E-state index in [0.717, 1.165) is 5.76 Å². The fraction of sp³-hybridized carbons (Fsp3) is 0.444. The molecule has 3 nitrogen and oxygen atoms in total. The maximum absolute atomic E-state index is 10.2. The van der Waals surface area contributed by atoms with Crippen LogP contribution in [0.4, 0.5) is 0 Å². The number of rotatable bonds is 3. The molecule has 1 N–H and O–H groups in total. The van der Waals surface area contributed by atoms with Crippen molar-refractivity contribution in [1.29, 1.82) is 0 Å². The van der Waals surface area contributed by atoms with E-state index in [9.17, 15) is 4.79 Å². The molecule has 12 heavy (non-hydrogen) atoms. The van der Waals surface area contributed by atoms with Crippen LogP contribution in [0.3, 0.4) is 0 Å². The van der Waals surface area contributed by atoms with Crippen LogP contribution < -0.4 is 5.32 Å². The van der Waals surface area contributed by atoms with Crippen LogP contribution in [0.2, 0.25) is 0 Å². The van der Waals surface area contributed by atoms with E-state index in [0.29, 0.717) is 6.41 Å². The highest BCUT2D eigenvalue weighted by atomic mass is 16.5. The largest absolute Gasteiger partial charge is 0.469 e. The predicted octanol–water partition coefficient (Wildman–Crippen LogP) is 1.18. The average Bonchev–Trinajstić information content (AvgIpc) is 2.51. The van der Waals surface area contributed by atoms with Crippen LogP contribution >= 0.6 is 0 Å². The van der Waals surface area contributed by atoms with Gasteiger partial charge >= 0.3 is 0 Å². The molecule has 0 spiro atoms. The lowest BCUT2D eigenvalue weighted by Gasteiger charge is -2.16. The van der Waals surface area contributed by atoms with Gasteiger partial charge in [0.15, 0.2) is 0 Å². The minimum atomic E-state index is 0.0902. The van der Waals surface area contributed by atoms with E-state index in [1.807, 2.05) is 26.0 Å². The van der Waals surface area contributed by atoms with Crippen molar-refractivity contribution in [1.82, 2.24) is 5.32 Å². The Kier molecular flexibility index (Phi) is 2.91. The van der Waals surface area contributed by atoms with Gasteiger partial charge in [0.2, 0.25) is 6.41 Å². The van der Waals surface area contributed by atoms with Gasteiger partial charge in [0, 0.05) is 6.04 Å². The first kappa shape index (κ1) is 8.84. The van der Waals surface area contributed by atoms with Crippen molar-refractivity contribution in [3.8, 4) is 0 Å². The topological polar surface area (TPSA) is 38.3 Å². The first-order valence-electron chi connectivity index (χ1n) is 3.98. The van der Waals surface area contributed by atoms with Gasteiger partial charge in [0.05, 0.1) is 12.2 Å². The summed E-state index contributed by atoms with van der Waals surface area (Å²) in [5.74, 6) is 1.08. The molecule has 1 heterocycles. The molecule has 0 saturated carbocycles. The number of hydrogen-bond donors (Lipinski definition) is 1. The van der Waals surface area contributed by atoms with Gasteiger partial charge in [-0.15, -0.1) is 0 Å². The molecule has 1 aliphatic rings. The van der Waals surface area contributed by atoms with Crippen LogP contribution in [0, 0.1) is 5.92 Å². The molecular weight excluding hydrogens is 154 g/mol. The molecule has 1 rings (SSSR count). The zero-order valence-electron chi connectivity index (χ0n) is 7.28. The molecular formula is C9H13NO2. The van der Waals surface area contributed by atoms with E-state index >= 15 is 0 Å². The van der Waals surface area contributed by atoms with Crippen LogP contribution in [-0.4, -0.2) is 12.5 Å². The SMILES string of the molecule is C/C=C1/OC=CC1C(C)NC=O. The van der Waals surface area contributed by atoms with Gasteiger partial charge in [0.1, 0.15) is 5.76 Å². The molecule has 0 saturated heterocycles. The molecule has 0 bridgehead atoms. The highest BCUT2D eigenvalue weighted by molar-refractivity contribution is 5.47. The second-order valence-corrected chi connectivity index (χ2v) is 2.74. The van der Waals surface area contributed by atoms with Gasteiger partial charge in [-0.1, -0.05) is 0 Å². The fourth-order valence-electron chi connectivity index (χ4n) is 1.26. The van der Waals surface area contributed by atoms with Gasteiger partial charge in [-0.05, 0) is 26.0 Å². The average molecular weight is 167 g/mol. The fourth-order valence-corrected chi connectivity index (χ4v) is 1.26. The van der Waals surface area contributed by atoms with Gasteiger partial charge in [-0.25, -0.2) is 0 Å². The second kappa shape index (κ2) is 3.95. The Balaban J connectivity index is 2.60. The minimum Gasteiger partial charge on any atom is -0.469 e. The number of allylic oxidation sites excluding steroid dienone is 1. The zero-order chi connectivity index (χ0) is 8.97. The lowest BCUT2D eigenvalue weighted by Crippen LogP contribution is -2.31. The third-order valence-electron chi connectivity index (χ3n) is 1.97. The molecule has 1 aliphatic heterocycles. The first-order valence-corrected chi connectivity index (χ1v) is 3.98. The lowest BCUT2D eigenvalue weighted by atomic mass is 10.0. The number of carbonyl (C=O) groups excluding carboxylic acids is 1. The summed E-state index contributed by atoms with van der Waals surface area (Å²) < 4.78 is 5.21. The number of ether oxygens (including phenoxy) is 1.